The molecule has 0 bridgehead atoms. The molecule has 0 amide bonds. The van der Waals surface area contributed by atoms with Crippen molar-refractivity contribution in [1.29, 1.82) is 0 Å². The van der Waals surface area contributed by atoms with E-state index in [1.165, 1.54) is 14.0 Å². The maximum atomic E-state index is 13.4. The average Bonchev–Trinajstić information content (AvgIpc) is 2.58. The van der Waals surface area contributed by atoms with Crippen LogP contribution < -0.4 is 9.61 Å². The fraction of sp³-hybridized carbons (Fsp3) is 0.632. The van der Waals surface area contributed by atoms with Crippen molar-refractivity contribution in [3.8, 4) is 5.75 Å². The first-order chi connectivity index (χ1) is 13.3. The number of carbonyl (C=O) groups excluding carboxylic acids is 1. The molecular weight excluding hydrogens is 410 g/mol. The van der Waals surface area contributed by atoms with Gasteiger partial charge >= 0.3 is 19.7 Å². The van der Waals surface area contributed by atoms with Gasteiger partial charge in [0.1, 0.15) is 18.1 Å². The zero-order chi connectivity index (χ0) is 22.4. The van der Waals surface area contributed by atoms with E-state index >= 15 is 0 Å². The molecule has 2 atom stereocenters. The fourth-order valence-corrected chi connectivity index (χ4v) is 4.34. The van der Waals surface area contributed by atoms with Gasteiger partial charge in [-0.2, -0.15) is 13.2 Å². The van der Waals surface area contributed by atoms with Crippen molar-refractivity contribution in [2.45, 2.75) is 58.7 Å². The first-order valence-corrected chi connectivity index (χ1v) is 11.0. The van der Waals surface area contributed by atoms with Crippen molar-refractivity contribution in [2.24, 2.45) is 0 Å². The first-order valence-electron chi connectivity index (χ1n) is 9.21. The molecule has 0 radical (unpaired) electrons. The molecule has 2 unspecified atom stereocenters. The number of carbonyl (C=O) groups is 1. The van der Waals surface area contributed by atoms with Crippen LogP contribution in [0.25, 0.3) is 0 Å². The van der Waals surface area contributed by atoms with Crippen LogP contribution in [0.3, 0.4) is 0 Å². The summed E-state index contributed by atoms with van der Waals surface area (Å²) in [6, 6.07) is 4.28. The molecule has 0 aromatic heterocycles. The Balaban J connectivity index is 3.14. The molecule has 1 N–H and O–H groups in total. The van der Waals surface area contributed by atoms with Crippen LogP contribution in [-0.2, 0) is 18.8 Å². The van der Waals surface area contributed by atoms with E-state index < -0.39 is 32.3 Å². The topological polar surface area (TPSA) is 73.9 Å². The van der Waals surface area contributed by atoms with Gasteiger partial charge in [0, 0.05) is 7.11 Å². The van der Waals surface area contributed by atoms with Gasteiger partial charge in [-0.3, -0.25) is 9.36 Å². The monoisotopic (exact) mass is 439 g/mol. The summed E-state index contributed by atoms with van der Waals surface area (Å²) in [7, 11) is -2.50. The summed E-state index contributed by atoms with van der Waals surface area (Å²) in [6.07, 6.45) is -5.03. The zero-order valence-corrected chi connectivity index (χ0v) is 18.4. The second-order valence-corrected chi connectivity index (χ2v) is 9.38. The number of hydrogen-bond acceptors (Lipinski definition) is 5. The minimum atomic E-state index is -4.65. The van der Waals surface area contributed by atoms with Crippen LogP contribution in [0.4, 0.5) is 13.2 Å². The summed E-state index contributed by atoms with van der Waals surface area (Å²) >= 11 is 0. The molecular formula is C19H29F3NO5P. The van der Waals surface area contributed by atoms with Crippen molar-refractivity contribution in [3.63, 3.8) is 0 Å². The largest absolute Gasteiger partial charge is 0.455 e. The van der Waals surface area contributed by atoms with Crippen molar-refractivity contribution in [3.05, 3.63) is 29.3 Å². The van der Waals surface area contributed by atoms with Gasteiger partial charge in [0.25, 0.3) is 0 Å². The van der Waals surface area contributed by atoms with E-state index in [0.717, 1.165) is 11.1 Å². The normalized spacial score (nSPS) is 15.3. The lowest BCUT2D eigenvalue weighted by molar-refractivity contribution is -0.187. The molecule has 0 fully saturated rings. The van der Waals surface area contributed by atoms with Gasteiger partial charge in [-0.1, -0.05) is 45.9 Å². The molecule has 10 heteroatoms. The maximum Gasteiger partial charge on any atom is 0.422 e. The lowest BCUT2D eigenvalue weighted by Crippen LogP contribution is -2.37. The van der Waals surface area contributed by atoms with Crippen molar-refractivity contribution >= 4 is 13.5 Å². The fourth-order valence-electron chi connectivity index (χ4n) is 2.62. The van der Waals surface area contributed by atoms with Crippen LogP contribution in [0.1, 0.15) is 57.6 Å². The van der Waals surface area contributed by atoms with Gasteiger partial charge in [-0.25, -0.2) is 5.09 Å². The molecule has 0 aliphatic carbocycles. The molecule has 0 saturated heterocycles. The lowest BCUT2D eigenvalue weighted by atomic mass is 9.94. The number of halogens is 3. The third kappa shape index (κ3) is 7.99. The van der Waals surface area contributed by atoms with Crippen LogP contribution in [0.15, 0.2) is 18.2 Å². The number of esters is 1. The van der Waals surface area contributed by atoms with Crippen molar-refractivity contribution in [2.75, 3.05) is 20.1 Å². The van der Waals surface area contributed by atoms with Gasteiger partial charge < -0.3 is 14.0 Å². The standard InChI is InChI=1S/C19H29F3NO5P/c1-12(2)15-8-7-9-16(13(3)4)17(15)28-29(25,11-26-6)23-14(5)18(24)27-10-19(20,21)22/h7-9,12-14H,10-11H2,1-6H3,(H,23,25). The molecule has 0 heterocycles. The second kappa shape index (κ2) is 10.5. The number of nitrogens with one attached hydrogen (secondary N) is 1. The molecule has 1 rings (SSSR count). The minimum absolute atomic E-state index is 0.0638. The lowest BCUT2D eigenvalue weighted by Gasteiger charge is -2.27. The molecule has 166 valence electrons. The number of rotatable bonds is 10. The Hall–Kier alpha value is -1.57. The molecule has 0 aliphatic heterocycles. The highest BCUT2D eigenvalue weighted by molar-refractivity contribution is 7.57. The van der Waals surface area contributed by atoms with E-state index in [9.17, 15) is 22.5 Å². The summed E-state index contributed by atoms with van der Waals surface area (Å²) in [5.41, 5.74) is 1.64. The van der Waals surface area contributed by atoms with Crippen LogP contribution in [0.5, 0.6) is 5.75 Å². The van der Waals surface area contributed by atoms with E-state index in [-0.39, 0.29) is 18.2 Å². The summed E-state index contributed by atoms with van der Waals surface area (Å²) < 4.78 is 65.3. The molecule has 6 nitrogen and oxygen atoms in total. The predicted molar refractivity (Wildman–Crippen MR) is 104 cm³/mol. The van der Waals surface area contributed by atoms with Gasteiger partial charge in [-0.15, -0.1) is 0 Å². The number of para-hydroxylation sites is 1. The van der Waals surface area contributed by atoms with E-state index in [2.05, 4.69) is 9.82 Å². The van der Waals surface area contributed by atoms with Crippen LogP contribution in [0, 0.1) is 0 Å². The zero-order valence-electron chi connectivity index (χ0n) is 17.5. The number of alkyl halides is 3. The molecule has 29 heavy (non-hydrogen) atoms. The highest BCUT2D eigenvalue weighted by atomic mass is 31.2. The minimum Gasteiger partial charge on any atom is -0.455 e. The van der Waals surface area contributed by atoms with Crippen LogP contribution in [-0.4, -0.2) is 38.3 Å². The number of hydrogen-bond donors (Lipinski definition) is 1. The number of ether oxygens (including phenoxy) is 2. The van der Waals surface area contributed by atoms with Crippen molar-refractivity contribution < 1.29 is 36.5 Å². The molecule has 0 spiro atoms. The average molecular weight is 439 g/mol. The van der Waals surface area contributed by atoms with E-state index in [4.69, 9.17) is 9.26 Å². The Morgan fingerprint density at radius 3 is 2.03 bits per heavy atom. The van der Waals surface area contributed by atoms with E-state index in [1.807, 2.05) is 45.9 Å². The highest BCUT2D eigenvalue weighted by Gasteiger charge is 2.35. The Morgan fingerprint density at radius 1 is 1.10 bits per heavy atom. The Bertz CT molecular complexity index is 711. The van der Waals surface area contributed by atoms with Gasteiger partial charge in [0.15, 0.2) is 6.61 Å². The Labute approximate surface area is 169 Å². The van der Waals surface area contributed by atoms with Gasteiger partial charge in [-0.05, 0) is 29.9 Å². The first kappa shape index (κ1) is 25.5. The molecule has 0 aliphatic rings. The summed E-state index contributed by atoms with van der Waals surface area (Å²) in [4.78, 5) is 11.9. The molecule has 1 aromatic rings. The summed E-state index contributed by atoms with van der Waals surface area (Å²) in [5, 5.41) is 2.48. The highest BCUT2D eigenvalue weighted by Crippen LogP contribution is 2.48. The third-order valence-electron chi connectivity index (χ3n) is 3.98. The van der Waals surface area contributed by atoms with Gasteiger partial charge in [0.05, 0.1) is 0 Å². The van der Waals surface area contributed by atoms with E-state index in [0.29, 0.717) is 5.75 Å². The third-order valence-corrected chi connectivity index (χ3v) is 5.84. The summed E-state index contributed by atoms with van der Waals surface area (Å²) in [5.74, 6) is -0.646. The number of methoxy groups -OCH3 is 1. The Morgan fingerprint density at radius 2 is 1.62 bits per heavy atom. The molecule has 1 aromatic carbocycles. The van der Waals surface area contributed by atoms with Crippen LogP contribution >= 0.6 is 7.52 Å². The predicted octanol–water partition coefficient (Wildman–Crippen LogP) is 5.19. The quantitative estimate of drug-likeness (QED) is 0.399. The second-order valence-electron chi connectivity index (χ2n) is 7.33. The SMILES string of the molecule is COCP(=O)(NC(C)C(=O)OCC(F)(F)F)Oc1c(C(C)C)cccc1C(C)C. The van der Waals surface area contributed by atoms with Crippen LogP contribution in [0.2, 0.25) is 0 Å². The molecule has 0 saturated carbocycles. The number of benzene rings is 1. The maximum absolute atomic E-state index is 13.4. The Kier molecular flexibility index (Phi) is 9.18. The van der Waals surface area contributed by atoms with E-state index in [1.54, 1.807) is 0 Å². The van der Waals surface area contributed by atoms with Gasteiger partial charge in [0.2, 0.25) is 0 Å². The smallest absolute Gasteiger partial charge is 0.422 e. The van der Waals surface area contributed by atoms with Crippen molar-refractivity contribution in [1.82, 2.24) is 5.09 Å². The summed E-state index contributed by atoms with van der Waals surface area (Å²) in [6.45, 7) is 7.36.